The van der Waals surface area contributed by atoms with Crippen molar-refractivity contribution in [2.75, 3.05) is 19.9 Å². The molecule has 6 heteroatoms. The maximum Gasteiger partial charge on any atom is 0.185 e. The van der Waals surface area contributed by atoms with Gasteiger partial charge in [0.2, 0.25) is 0 Å². The van der Waals surface area contributed by atoms with Gasteiger partial charge in [-0.25, -0.2) is 9.67 Å². The molecule has 0 fully saturated rings. The zero-order chi connectivity index (χ0) is 13.7. The summed E-state index contributed by atoms with van der Waals surface area (Å²) in [4.78, 5) is 4.21. The predicted octanol–water partition coefficient (Wildman–Crippen LogP) is 1.88. The average molecular weight is 278 g/mol. The number of hydrogen-bond donors (Lipinski definition) is 1. The molecule has 102 valence electrons. The van der Waals surface area contributed by atoms with E-state index in [0.29, 0.717) is 0 Å². The van der Waals surface area contributed by atoms with Gasteiger partial charge in [-0.15, -0.1) is 0 Å². The van der Waals surface area contributed by atoms with E-state index >= 15 is 0 Å². The molecule has 2 rings (SSSR count). The van der Waals surface area contributed by atoms with E-state index in [-0.39, 0.29) is 6.04 Å². The molecule has 1 heterocycles. The predicted molar refractivity (Wildman–Crippen MR) is 76.5 cm³/mol. The van der Waals surface area contributed by atoms with Crippen LogP contribution in [0.5, 0.6) is 5.75 Å². The number of benzene rings is 1. The topological polar surface area (TPSA) is 52.0 Å². The first-order valence-electron chi connectivity index (χ1n) is 6.03. The number of thioether (sulfide) groups is 1. The van der Waals surface area contributed by atoms with Gasteiger partial charge in [0, 0.05) is 24.4 Å². The zero-order valence-electron chi connectivity index (χ0n) is 11.3. The van der Waals surface area contributed by atoms with Gasteiger partial charge in [0.15, 0.2) is 5.16 Å². The normalized spacial score (nSPS) is 12.4. The van der Waals surface area contributed by atoms with Crippen LogP contribution in [0, 0.1) is 0 Å². The number of hydrogen-bond acceptors (Lipinski definition) is 5. The SMILES string of the molecule is CNC(CSc1ncnn1C)c1ccccc1OC. The fraction of sp³-hybridized carbons (Fsp3) is 0.385. The molecular weight excluding hydrogens is 260 g/mol. The van der Waals surface area contributed by atoms with Gasteiger partial charge in [-0.3, -0.25) is 0 Å². The molecule has 1 unspecified atom stereocenters. The zero-order valence-corrected chi connectivity index (χ0v) is 12.1. The maximum atomic E-state index is 5.41. The molecule has 5 nitrogen and oxygen atoms in total. The van der Waals surface area contributed by atoms with Gasteiger partial charge in [-0.1, -0.05) is 30.0 Å². The Kier molecular flexibility index (Phi) is 4.81. The lowest BCUT2D eigenvalue weighted by atomic mass is 10.1. The van der Waals surface area contributed by atoms with Crippen molar-refractivity contribution in [3.63, 3.8) is 0 Å². The molecule has 1 N–H and O–H groups in total. The van der Waals surface area contributed by atoms with Crippen LogP contribution in [0.25, 0.3) is 0 Å². The first-order chi connectivity index (χ1) is 9.26. The van der Waals surface area contributed by atoms with Gasteiger partial charge in [-0.2, -0.15) is 5.10 Å². The minimum absolute atomic E-state index is 0.206. The number of para-hydroxylation sites is 1. The lowest BCUT2D eigenvalue weighted by molar-refractivity contribution is 0.404. The van der Waals surface area contributed by atoms with Crippen LogP contribution in [0.2, 0.25) is 0 Å². The van der Waals surface area contributed by atoms with Crippen molar-refractivity contribution in [1.29, 1.82) is 0 Å². The third-order valence-corrected chi connectivity index (χ3v) is 4.04. The molecule has 0 spiro atoms. The second-order valence-corrected chi connectivity index (χ2v) is 5.05. The Labute approximate surface area is 117 Å². The molecule has 0 radical (unpaired) electrons. The highest BCUT2D eigenvalue weighted by Crippen LogP contribution is 2.28. The Morgan fingerprint density at radius 3 is 2.84 bits per heavy atom. The van der Waals surface area contributed by atoms with Gasteiger partial charge in [0.25, 0.3) is 0 Å². The summed E-state index contributed by atoms with van der Waals surface area (Å²) in [6.07, 6.45) is 1.57. The fourth-order valence-electron chi connectivity index (χ4n) is 1.86. The third-order valence-electron chi connectivity index (χ3n) is 2.91. The molecule has 2 aromatic rings. The summed E-state index contributed by atoms with van der Waals surface area (Å²) >= 11 is 1.67. The summed E-state index contributed by atoms with van der Waals surface area (Å²) in [7, 11) is 5.54. The van der Waals surface area contributed by atoms with E-state index in [1.807, 2.05) is 32.3 Å². The monoisotopic (exact) mass is 278 g/mol. The number of methoxy groups -OCH3 is 1. The molecule has 0 aliphatic heterocycles. The highest BCUT2D eigenvalue weighted by atomic mass is 32.2. The second kappa shape index (κ2) is 6.58. The van der Waals surface area contributed by atoms with Crippen molar-refractivity contribution < 1.29 is 4.74 Å². The van der Waals surface area contributed by atoms with Crippen LogP contribution in [-0.2, 0) is 7.05 Å². The van der Waals surface area contributed by atoms with E-state index in [1.54, 1.807) is 29.9 Å². The number of rotatable bonds is 6. The molecular formula is C13H18N4OS. The molecule has 1 aromatic carbocycles. The van der Waals surface area contributed by atoms with Crippen LogP contribution < -0.4 is 10.1 Å². The number of ether oxygens (including phenoxy) is 1. The smallest absolute Gasteiger partial charge is 0.185 e. The molecule has 0 aliphatic rings. The Hall–Kier alpha value is -1.53. The Bertz CT molecular complexity index is 529. The van der Waals surface area contributed by atoms with Crippen molar-refractivity contribution in [2.24, 2.45) is 7.05 Å². The quantitative estimate of drug-likeness (QED) is 0.818. The van der Waals surface area contributed by atoms with Crippen LogP contribution in [0.1, 0.15) is 11.6 Å². The first kappa shape index (κ1) is 13.9. The Morgan fingerprint density at radius 1 is 1.42 bits per heavy atom. The molecule has 0 saturated carbocycles. The Balaban J connectivity index is 2.10. The van der Waals surface area contributed by atoms with E-state index in [4.69, 9.17) is 4.74 Å². The van der Waals surface area contributed by atoms with E-state index < -0.39 is 0 Å². The number of nitrogens with zero attached hydrogens (tertiary/aromatic N) is 3. The molecule has 19 heavy (non-hydrogen) atoms. The lowest BCUT2D eigenvalue weighted by Crippen LogP contribution is -2.19. The lowest BCUT2D eigenvalue weighted by Gasteiger charge is -2.18. The summed E-state index contributed by atoms with van der Waals surface area (Å²) in [5.74, 6) is 1.77. The Morgan fingerprint density at radius 2 is 2.21 bits per heavy atom. The standard InChI is InChI=1S/C13H18N4OS/c1-14-11(8-19-13-15-9-16-17(13)2)10-6-4-5-7-12(10)18-3/h4-7,9,11,14H,8H2,1-3H3. The minimum atomic E-state index is 0.206. The molecule has 0 aliphatic carbocycles. The summed E-state index contributed by atoms with van der Waals surface area (Å²) in [5.41, 5.74) is 1.15. The van der Waals surface area contributed by atoms with Crippen LogP contribution in [0.3, 0.4) is 0 Å². The maximum absolute atomic E-state index is 5.41. The van der Waals surface area contributed by atoms with Crippen LogP contribution in [0.15, 0.2) is 35.7 Å². The summed E-state index contributed by atoms with van der Waals surface area (Å²) in [5, 5.41) is 8.30. The van der Waals surface area contributed by atoms with E-state index in [0.717, 1.165) is 22.2 Å². The number of aryl methyl sites for hydroxylation is 1. The van der Waals surface area contributed by atoms with Crippen molar-refractivity contribution in [3.8, 4) is 5.75 Å². The van der Waals surface area contributed by atoms with E-state index in [9.17, 15) is 0 Å². The largest absolute Gasteiger partial charge is 0.496 e. The van der Waals surface area contributed by atoms with Crippen molar-refractivity contribution in [1.82, 2.24) is 20.1 Å². The molecule has 1 aromatic heterocycles. The van der Waals surface area contributed by atoms with Gasteiger partial charge in [-0.05, 0) is 13.1 Å². The van der Waals surface area contributed by atoms with Crippen molar-refractivity contribution in [3.05, 3.63) is 36.2 Å². The average Bonchev–Trinajstić information content (AvgIpc) is 2.85. The van der Waals surface area contributed by atoms with Gasteiger partial charge in [0.1, 0.15) is 12.1 Å². The summed E-state index contributed by atoms with van der Waals surface area (Å²) < 4.78 is 7.18. The number of aromatic nitrogens is 3. The van der Waals surface area contributed by atoms with Crippen molar-refractivity contribution >= 4 is 11.8 Å². The fourth-order valence-corrected chi connectivity index (χ4v) is 2.87. The summed E-state index contributed by atoms with van der Waals surface area (Å²) in [6, 6.07) is 8.27. The molecule has 1 atom stereocenters. The van der Waals surface area contributed by atoms with Gasteiger partial charge < -0.3 is 10.1 Å². The highest BCUT2D eigenvalue weighted by molar-refractivity contribution is 7.99. The van der Waals surface area contributed by atoms with Crippen molar-refractivity contribution in [2.45, 2.75) is 11.2 Å². The van der Waals surface area contributed by atoms with Crippen LogP contribution >= 0.6 is 11.8 Å². The molecule has 0 amide bonds. The van der Waals surface area contributed by atoms with Gasteiger partial charge in [0.05, 0.1) is 7.11 Å². The van der Waals surface area contributed by atoms with E-state index in [1.165, 1.54) is 0 Å². The molecule has 0 saturated heterocycles. The highest BCUT2D eigenvalue weighted by Gasteiger charge is 2.15. The first-order valence-corrected chi connectivity index (χ1v) is 7.01. The van der Waals surface area contributed by atoms with Crippen LogP contribution in [-0.4, -0.2) is 34.7 Å². The van der Waals surface area contributed by atoms with E-state index in [2.05, 4.69) is 21.5 Å². The van der Waals surface area contributed by atoms with Gasteiger partial charge >= 0.3 is 0 Å². The third kappa shape index (κ3) is 3.27. The minimum Gasteiger partial charge on any atom is -0.496 e. The van der Waals surface area contributed by atoms with Crippen LogP contribution in [0.4, 0.5) is 0 Å². The second-order valence-electron chi connectivity index (χ2n) is 4.06. The summed E-state index contributed by atoms with van der Waals surface area (Å²) in [6.45, 7) is 0. The molecule has 0 bridgehead atoms. The number of nitrogens with one attached hydrogen (secondary N) is 1.